The molecule has 8 nitrogen and oxygen atoms in total. The number of aryl methyl sites for hydroxylation is 1. The number of hydrazone groups is 1. The zero-order valence-corrected chi connectivity index (χ0v) is 21.5. The Bertz CT molecular complexity index is 1500. The first-order valence-electron chi connectivity index (χ1n) is 11.7. The lowest BCUT2D eigenvalue weighted by molar-refractivity contribution is -0.644. The molecule has 3 aromatic carbocycles. The summed E-state index contributed by atoms with van der Waals surface area (Å²) in [6.45, 7) is 2.30. The molecule has 0 bridgehead atoms. The summed E-state index contributed by atoms with van der Waals surface area (Å²) in [5.74, 6) is 0. The molecule has 1 aliphatic heterocycles. The fourth-order valence-electron chi connectivity index (χ4n) is 4.49. The summed E-state index contributed by atoms with van der Waals surface area (Å²) in [5.41, 5.74) is 4.78. The molecule has 1 aromatic heterocycles. The van der Waals surface area contributed by atoms with Crippen LogP contribution in [0, 0.1) is 0 Å². The number of rotatable bonds is 5. The van der Waals surface area contributed by atoms with Crippen molar-refractivity contribution in [2.75, 3.05) is 37.2 Å². The molecule has 0 atom stereocenters. The van der Waals surface area contributed by atoms with Crippen molar-refractivity contribution in [2.24, 2.45) is 12.1 Å². The van der Waals surface area contributed by atoms with Crippen molar-refractivity contribution in [1.82, 2.24) is 0 Å². The highest BCUT2D eigenvalue weighted by Crippen LogP contribution is 2.35. The van der Waals surface area contributed by atoms with Gasteiger partial charge in [0.2, 0.25) is 15.9 Å². The van der Waals surface area contributed by atoms with Crippen molar-refractivity contribution in [3.63, 3.8) is 0 Å². The normalized spacial score (nSPS) is 13.8. The number of fused-ring (bicyclic) bond motifs is 2. The maximum Gasteiger partial charge on any atom is 0.217 e. The highest BCUT2D eigenvalue weighted by molar-refractivity contribution is 7.80. The molecule has 0 spiro atoms. The van der Waals surface area contributed by atoms with Gasteiger partial charge >= 0.3 is 0 Å². The average Bonchev–Trinajstić information content (AvgIpc) is 3.42. The number of anilines is 2. The largest absolute Gasteiger partial charge is 0.726 e. The van der Waals surface area contributed by atoms with E-state index in [2.05, 4.69) is 93.6 Å². The van der Waals surface area contributed by atoms with E-state index in [-0.39, 0.29) is 0 Å². The first-order chi connectivity index (χ1) is 17.3. The van der Waals surface area contributed by atoms with E-state index in [4.69, 9.17) is 5.10 Å². The fourth-order valence-corrected chi connectivity index (χ4v) is 4.49. The molecule has 188 valence electrons. The lowest BCUT2D eigenvalue weighted by atomic mass is 10.1. The van der Waals surface area contributed by atoms with Gasteiger partial charge in [0, 0.05) is 54.3 Å². The van der Waals surface area contributed by atoms with Gasteiger partial charge in [0.05, 0.1) is 24.4 Å². The summed E-state index contributed by atoms with van der Waals surface area (Å²) in [6.07, 6.45) is 6.61. The van der Waals surface area contributed by atoms with E-state index in [9.17, 15) is 13.0 Å². The molecule has 1 aliphatic rings. The van der Waals surface area contributed by atoms with Gasteiger partial charge in [-0.2, -0.15) is 5.10 Å². The Hall–Kier alpha value is -3.53. The first-order valence-corrected chi connectivity index (χ1v) is 13.0. The lowest BCUT2D eigenvalue weighted by Crippen LogP contribution is -2.28. The molecule has 0 N–H and O–H groups in total. The van der Waals surface area contributed by atoms with E-state index in [1.165, 1.54) is 40.2 Å². The zero-order chi connectivity index (χ0) is 25.7. The van der Waals surface area contributed by atoms with Crippen molar-refractivity contribution in [2.45, 2.75) is 12.8 Å². The SMILES string of the molecule is CN(/N=C\c1cc[n+](C)c2ccccc12)c1ccc(N2CCCC2)c2ccccc12.COS(=O)(=O)[O-]. The second-order valence-corrected chi connectivity index (χ2v) is 9.74. The van der Waals surface area contributed by atoms with Gasteiger partial charge in [-0.1, -0.05) is 36.4 Å². The second kappa shape index (κ2) is 11.0. The summed E-state index contributed by atoms with van der Waals surface area (Å²) in [7, 11) is 0.495. The molecular formula is C27H30N4O4S. The van der Waals surface area contributed by atoms with Crippen molar-refractivity contribution >= 4 is 49.7 Å². The maximum atomic E-state index is 9.22. The quantitative estimate of drug-likeness (QED) is 0.134. The summed E-state index contributed by atoms with van der Waals surface area (Å²) in [4.78, 5) is 2.51. The third kappa shape index (κ3) is 5.81. The third-order valence-electron chi connectivity index (χ3n) is 6.32. The molecule has 4 aromatic rings. The molecule has 36 heavy (non-hydrogen) atoms. The topological polar surface area (TPSA) is 89.2 Å². The number of nitrogens with zero attached hydrogens (tertiary/aromatic N) is 4. The van der Waals surface area contributed by atoms with E-state index in [0.29, 0.717) is 0 Å². The maximum absolute atomic E-state index is 9.22. The second-order valence-electron chi connectivity index (χ2n) is 8.59. The highest BCUT2D eigenvalue weighted by atomic mass is 32.3. The predicted octanol–water partition coefficient (Wildman–Crippen LogP) is 3.98. The van der Waals surface area contributed by atoms with Crippen LogP contribution in [-0.4, -0.2) is 46.4 Å². The smallest absolute Gasteiger partial charge is 0.217 e. The van der Waals surface area contributed by atoms with Crippen LogP contribution in [0.25, 0.3) is 21.7 Å². The van der Waals surface area contributed by atoms with Crippen LogP contribution in [0.5, 0.6) is 0 Å². The van der Waals surface area contributed by atoms with Crippen LogP contribution in [0.15, 0.2) is 78.0 Å². The molecule has 0 radical (unpaired) electrons. The average molecular weight is 507 g/mol. The molecule has 5 rings (SSSR count). The Morgan fingerprint density at radius 3 is 2.25 bits per heavy atom. The molecule has 1 fully saturated rings. The van der Waals surface area contributed by atoms with E-state index >= 15 is 0 Å². The van der Waals surface area contributed by atoms with E-state index in [1.54, 1.807) is 0 Å². The van der Waals surface area contributed by atoms with Crippen LogP contribution < -0.4 is 14.5 Å². The van der Waals surface area contributed by atoms with E-state index < -0.39 is 10.4 Å². The predicted molar refractivity (Wildman–Crippen MR) is 143 cm³/mol. The van der Waals surface area contributed by atoms with Crippen molar-refractivity contribution in [3.05, 3.63) is 78.5 Å². The molecule has 2 heterocycles. The van der Waals surface area contributed by atoms with Gasteiger partial charge in [-0.25, -0.2) is 13.0 Å². The van der Waals surface area contributed by atoms with Gasteiger partial charge in [-0.15, -0.1) is 0 Å². The Labute approximate surface area is 212 Å². The minimum Gasteiger partial charge on any atom is -0.726 e. The van der Waals surface area contributed by atoms with Crippen molar-refractivity contribution < 1.29 is 21.7 Å². The fraction of sp³-hybridized carbons (Fsp3) is 0.259. The Morgan fingerprint density at radius 2 is 1.58 bits per heavy atom. The standard InChI is InChI=1S/C26H27N4.CH4O4S/c1-28-18-15-20(21-9-5-6-12-24(21)28)19-27-29(2)25-13-14-26(30-16-7-8-17-30)23-11-4-3-10-22(23)25;1-5-6(2,3)4/h3-6,9-15,18-19H,7-8,16-17H2,1-2H3;1H3,(H,2,3,4)/q+1;/p-1. The van der Waals surface area contributed by atoms with Crippen LogP contribution in [0.3, 0.4) is 0 Å². The molecular weight excluding hydrogens is 476 g/mol. The van der Waals surface area contributed by atoms with Crippen molar-refractivity contribution in [1.29, 1.82) is 0 Å². The summed E-state index contributed by atoms with van der Waals surface area (Å²) < 4.78 is 33.2. The van der Waals surface area contributed by atoms with E-state index in [1.807, 2.05) is 18.3 Å². The van der Waals surface area contributed by atoms with Crippen LogP contribution in [0.2, 0.25) is 0 Å². The van der Waals surface area contributed by atoms with Gasteiger partial charge in [0.1, 0.15) is 7.05 Å². The first kappa shape index (κ1) is 25.6. The van der Waals surface area contributed by atoms with Gasteiger partial charge in [-0.3, -0.25) is 9.19 Å². The minimum atomic E-state index is -4.41. The van der Waals surface area contributed by atoms with Crippen LogP contribution >= 0.6 is 0 Å². The van der Waals surface area contributed by atoms with Crippen molar-refractivity contribution in [3.8, 4) is 0 Å². The Morgan fingerprint density at radius 1 is 0.972 bits per heavy atom. The number of hydrogen-bond acceptors (Lipinski definition) is 7. The number of hydrogen-bond donors (Lipinski definition) is 0. The highest BCUT2D eigenvalue weighted by Gasteiger charge is 2.17. The Kier molecular flexibility index (Phi) is 7.83. The van der Waals surface area contributed by atoms with Gasteiger partial charge < -0.3 is 9.45 Å². The molecule has 0 saturated carbocycles. The number of benzene rings is 3. The Balaban J connectivity index is 0.000000455. The van der Waals surface area contributed by atoms with Gasteiger partial charge in [-0.05, 0) is 31.0 Å². The lowest BCUT2D eigenvalue weighted by Gasteiger charge is -2.23. The minimum absolute atomic E-state index is 0.808. The summed E-state index contributed by atoms with van der Waals surface area (Å²) >= 11 is 0. The molecule has 0 aliphatic carbocycles. The van der Waals surface area contributed by atoms with Gasteiger partial charge in [0.15, 0.2) is 6.20 Å². The molecule has 0 unspecified atom stereocenters. The van der Waals surface area contributed by atoms with Gasteiger partial charge in [0.25, 0.3) is 0 Å². The van der Waals surface area contributed by atoms with Crippen LogP contribution in [0.1, 0.15) is 18.4 Å². The third-order valence-corrected chi connectivity index (χ3v) is 6.73. The summed E-state index contributed by atoms with van der Waals surface area (Å²) in [5, 5.41) is 10.5. The number of pyridine rings is 1. The zero-order valence-electron chi connectivity index (χ0n) is 20.7. The van der Waals surface area contributed by atoms with Crippen LogP contribution in [0.4, 0.5) is 11.4 Å². The molecule has 1 saturated heterocycles. The molecule has 0 amide bonds. The monoisotopic (exact) mass is 506 g/mol. The number of para-hydroxylation sites is 1. The van der Waals surface area contributed by atoms with E-state index in [0.717, 1.165) is 31.5 Å². The molecule has 9 heteroatoms. The number of aromatic nitrogens is 1. The summed E-state index contributed by atoms with van der Waals surface area (Å²) in [6, 6.07) is 23.7. The van der Waals surface area contributed by atoms with Crippen LogP contribution in [-0.2, 0) is 21.6 Å².